The van der Waals surface area contributed by atoms with Gasteiger partial charge in [-0.3, -0.25) is 0 Å². The van der Waals surface area contributed by atoms with E-state index in [1.807, 2.05) is 11.8 Å². The molecule has 0 aliphatic carbocycles. The standard InChI is InChI=1S/C12H15F2NO2S/c1-16-9-2-3-11(17-12(13)14)10(6-9)15-8-4-5-18-7-8/h2-3,6,8,12,15H,4-5,7H2,1H3. The third kappa shape index (κ3) is 3.41. The number of anilines is 1. The van der Waals surface area contributed by atoms with E-state index in [1.165, 1.54) is 13.2 Å². The summed E-state index contributed by atoms with van der Waals surface area (Å²) in [7, 11) is 1.54. The Bertz CT molecular complexity index is 398. The number of halogens is 2. The fraction of sp³-hybridized carbons (Fsp3) is 0.500. The summed E-state index contributed by atoms with van der Waals surface area (Å²) in [4.78, 5) is 0. The van der Waals surface area contributed by atoms with Gasteiger partial charge in [0.1, 0.15) is 11.5 Å². The molecule has 1 atom stereocenters. The van der Waals surface area contributed by atoms with Gasteiger partial charge in [-0.15, -0.1) is 0 Å². The lowest BCUT2D eigenvalue weighted by Crippen LogP contribution is -2.19. The molecule has 1 heterocycles. The first-order chi connectivity index (χ1) is 8.69. The SMILES string of the molecule is COc1ccc(OC(F)F)c(NC2CCSC2)c1. The van der Waals surface area contributed by atoms with Gasteiger partial charge in [-0.25, -0.2) is 0 Å². The van der Waals surface area contributed by atoms with Crippen molar-refractivity contribution in [3.8, 4) is 11.5 Å². The highest BCUT2D eigenvalue weighted by Crippen LogP contribution is 2.32. The lowest BCUT2D eigenvalue weighted by molar-refractivity contribution is -0.0494. The number of thioether (sulfide) groups is 1. The largest absolute Gasteiger partial charge is 0.497 e. The zero-order valence-electron chi connectivity index (χ0n) is 9.99. The van der Waals surface area contributed by atoms with Crippen LogP contribution in [0.1, 0.15) is 6.42 Å². The van der Waals surface area contributed by atoms with Crippen molar-refractivity contribution in [3.63, 3.8) is 0 Å². The van der Waals surface area contributed by atoms with Crippen LogP contribution in [0, 0.1) is 0 Å². The molecular formula is C12H15F2NO2S. The maximum Gasteiger partial charge on any atom is 0.387 e. The Labute approximate surface area is 109 Å². The molecule has 0 radical (unpaired) electrons. The van der Waals surface area contributed by atoms with Crippen molar-refractivity contribution < 1.29 is 18.3 Å². The van der Waals surface area contributed by atoms with E-state index in [4.69, 9.17) is 4.74 Å². The molecule has 6 heteroatoms. The highest BCUT2D eigenvalue weighted by atomic mass is 32.2. The van der Waals surface area contributed by atoms with Crippen LogP contribution in [0.2, 0.25) is 0 Å². The molecule has 1 unspecified atom stereocenters. The summed E-state index contributed by atoms with van der Waals surface area (Å²) in [6.07, 6.45) is 1.02. The predicted octanol–water partition coefficient (Wildman–Crippen LogP) is 3.21. The summed E-state index contributed by atoms with van der Waals surface area (Å²) in [5.74, 6) is 2.84. The van der Waals surface area contributed by atoms with E-state index in [2.05, 4.69) is 10.1 Å². The number of nitrogens with one attached hydrogen (secondary N) is 1. The van der Waals surface area contributed by atoms with Crippen LogP contribution in [0.5, 0.6) is 11.5 Å². The summed E-state index contributed by atoms with van der Waals surface area (Å²) >= 11 is 1.85. The lowest BCUT2D eigenvalue weighted by Gasteiger charge is -2.17. The Hall–Kier alpha value is -1.17. The van der Waals surface area contributed by atoms with Crippen molar-refractivity contribution in [2.45, 2.75) is 19.1 Å². The van der Waals surface area contributed by atoms with E-state index < -0.39 is 6.61 Å². The van der Waals surface area contributed by atoms with Crippen LogP contribution in [0.4, 0.5) is 14.5 Å². The summed E-state index contributed by atoms with van der Waals surface area (Å²) < 4.78 is 34.2. The Balaban J connectivity index is 2.16. The zero-order chi connectivity index (χ0) is 13.0. The third-order valence-corrected chi connectivity index (χ3v) is 3.85. The normalized spacial score (nSPS) is 19.0. The first kappa shape index (κ1) is 13.3. The molecule has 0 amide bonds. The smallest absolute Gasteiger partial charge is 0.387 e. The first-order valence-corrected chi connectivity index (χ1v) is 6.81. The highest BCUT2D eigenvalue weighted by molar-refractivity contribution is 7.99. The van der Waals surface area contributed by atoms with Gasteiger partial charge in [0.05, 0.1) is 12.8 Å². The topological polar surface area (TPSA) is 30.5 Å². The number of hydrogen-bond donors (Lipinski definition) is 1. The van der Waals surface area contributed by atoms with Crippen LogP contribution >= 0.6 is 11.8 Å². The average molecular weight is 275 g/mol. The van der Waals surface area contributed by atoms with Crippen LogP contribution in [0.25, 0.3) is 0 Å². The van der Waals surface area contributed by atoms with E-state index in [1.54, 1.807) is 12.1 Å². The second-order valence-electron chi connectivity index (χ2n) is 3.95. The molecule has 1 fully saturated rings. The minimum atomic E-state index is -2.82. The minimum absolute atomic E-state index is 0.155. The molecular weight excluding hydrogens is 260 g/mol. The Morgan fingerprint density at radius 1 is 1.44 bits per heavy atom. The van der Waals surface area contributed by atoms with Crippen molar-refractivity contribution in [1.29, 1.82) is 0 Å². The van der Waals surface area contributed by atoms with Crippen molar-refractivity contribution >= 4 is 17.4 Å². The molecule has 2 rings (SSSR count). The molecule has 1 N–H and O–H groups in total. The molecule has 0 spiro atoms. The molecule has 3 nitrogen and oxygen atoms in total. The second-order valence-corrected chi connectivity index (χ2v) is 5.10. The van der Waals surface area contributed by atoms with Crippen molar-refractivity contribution in [2.75, 3.05) is 23.9 Å². The maximum absolute atomic E-state index is 12.3. The van der Waals surface area contributed by atoms with Crippen LogP contribution in [0.15, 0.2) is 18.2 Å². The molecule has 0 bridgehead atoms. The fourth-order valence-electron chi connectivity index (χ4n) is 1.82. The van der Waals surface area contributed by atoms with Gasteiger partial charge in [-0.05, 0) is 24.3 Å². The van der Waals surface area contributed by atoms with Gasteiger partial charge in [0.15, 0.2) is 0 Å². The molecule has 100 valence electrons. The van der Waals surface area contributed by atoms with Gasteiger partial charge >= 0.3 is 6.61 Å². The predicted molar refractivity (Wildman–Crippen MR) is 69.0 cm³/mol. The van der Waals surface area contributed by atoms with Gasteiger partial charge in [0.25, 0.3) is 0 Å². The molecule has 1 aliphatic heterocycles. The van der Waals surface area contributed by atoms with Crippen LogP contribution in [0.3, 0.4) is 0 Å². The molecule has 1 aliphatic rings. The number of alkyl halides is 2. The number of hydrogen-bond acceptors (Lipinski definition) is 4. The number of ether oxygens (including phenoxy) is 2. The molecule has 0 saturated carbocycles. The quantitative estimate of drug-likeness (QED) is 0.894. The van der Waals surface area contributed by atoms with E-state index in [0.717, 1.165) is 17.9 Å². The third-order valence-electron chi connectivity index (χ3n) is 2.69. The number of rotatable bonds is 5. The van der Waals surface area contributed by atoms with Gasteiger partial charge in [-0.2, -0.15) is 20.5 Å². The molecule has 18 heavy (non-hydrogen) atoms. The Morgan fingerprint density at radius 3 is 2.89 bits per heavy atom. The lowest BCUT2D eigenvalue weighted by atomic mass is 10.2. The van der Waals surface area contributed by atoms with E-state index in [-0.39, 0.29) is 5.75 Å². The monoisotopic (exact) mass is 275 g/mol. The van der Waals surface area contributed by atoms with Crippen LogP contribution in [-0.2, 0) is 0 Å². The first-order valence-electron chi connectivity index (χ1n) is 5.66. The highest BCUT2D eigenvalue weighted by Gasteiger charge is 2.18. The second kappa shape index (κ2) is 6.13. The molecule has 0 aromatic heterocycles. The van der Waals surface area contributed by atoms with E-state index in [0.29, 0.717) is 17.5 Å². The van der Waals surface area contributed by atoms with Crippen LogP contribution < -0.4 is 14.8 Å². The Kier molecular flexibility index (Phi) is 4.52. The van der Waals surface area contributed by atoms with Gasteiger partial charge in [0.2, 0.25) is 0 Å². The minimum Gasteiger partial charge on any atom is -0.497 e. The summed E-state index contributed by atoms with van der Waals surface area (Å²) in [6, 6.07) is 5.07. The van der Waals surface area contributed by atoms with Gasteiger partial charge in [-0.1, -0.05) is 0 Å². The fourth-order valence-corrected chi connectivity index (χ4v) is 2.97. The van der Waals surface area contributed by atoms with E-state index in [9.17, 15) is 8.78 Å². The average Bonchev–Trinajstić information content (AvgIpc) is 2.83. The molecule has 1 aromatic rings. The number of benzene rings is 1. The van der Waals surface area contributed by atoms with E-state index >= 15 is 0 Å². The Morgan fingerprint density at radius 2 is 2.28 bits per heavy atom. The van der Waals surface area contributed by atoms with Gasteiger partial charge < -0.3 is 14.8 Å². The maximum atomic E-state index is 12.3. The van der Waals surface area contributed by atoms with Crippen molar-refractivity contribution in [2.24, 2.45) is 0 Å². The van der Waals surface area contributed by atoms with Crippen molar-refractivity contribution in [3.05, 3.63) is 18.2 Å². The molecule has 1 aromatic carbocycles. The summed E-state index contributed by atoms with van der Waals surface area (Å²) in [6.45, 7) is -2.82. The van der Waals surface area contributed by atoms with Crippen molar-refractivity contribution in [1.82, 2.24) is 0 Å². The van der Waals surface area contributed by atoms with Crippen LogP contribution in [-0.4, -0.2) is 31.3 Å². The zero-order valence-corrected chi connectivity index (χ0v) is 10.8. The number of methoxy groups -OCH3 is 1. The van der Waals surface area contributed by atoms with Gasteiger partial charge in [0, 0.05) is 17.9 Å². The summed E-state index contributed by atoms with van der Waals surface area (Å²) in [5, 5.41) is 3.23. The molecule has 1 saturated heterocycles. The summed E-state index contributed by atoms with van der Waals surface area (Å²) in [5.41, 5.74) is 0.558.